The molecule has 2 unspecified atom stereocenters. The maximum absolute atomic E-state index is 13.2. The molecule has 0 aromatic rings. The van der Waals surface area contributed by atoms with Gasteiger partial charge in [-0.05, 0) is 30.1 Å². The third kappa shape index (κ3) is 8.43. The second-order valence-electron chi connectivity index (χ2n) is 9.73. The van der Waals surface area contributed by atoms with E-state index in [1.807, 2.05) is 0 Å². The van der Waals surface area contributed by atoms with Gasteiger partial charge in [0.2, 0.25) is 23.6 Å². The summed E-state index contributed by atoms with van der Waals surface area (Å²) >= 11 is 5.53. The second kappa shape index (κ2) is 13.9. The van der Waals surface area contributed by atoms with Crippen LogP contribution >= 0.6 is 24.4 Å². The zero-order valence-electron chi connectivity index (χ0n) is 21.4. The molecule has 0 radical (unpaired) electrons. The van der Waals surface area contributed by atoms with E-state index in [9.17, 15) is 24.0 Å². The van der Waals surface area contributed by atoms with Crippen molar-refractivity contribution in [2.45, 2.75) is 83.0 Å². The average molecular weight is 543 g/mol. The van der Waals surface area contributed by atoms with E-state index >= 15 is 0 Å². The summed E-state index contributed by atoms with van der Waals surface area (Å²) in [5.41, 5.74) is 0. The van der Waals surface area contributed by atoms with Crippen molar-refractivity contribution in [3.8, 4) is 0 Å². The van der Waals surface area contributed by atoms with Crippen LogP contribution in [0.15, 0.2) is 12.2 Å². The third-order valence-electron chi connectivity index (χ3n) is 5.99. The number of rotatable bonds is 5. The zero-order valence-corrected chi connectivity index (χ0v) is 23.1. The minimum Gasteiger partial charge on any atom is -0.456 e. The molecule has 10 nitrogen and oxygen atoms in total. The number of cyclic esters (lactones) is 1. The van der Waals surface area contributed by atoms with Gasteiger partial charge in [0.25, 0.3) is 0 Å². The molecule has 2 saturated heterocycles. The summed E-state index contributed by atoms with van der Waals surface area (Å²) in [6.07, 6.45) is 2.89. The lowest BCUT2D eigenvalue weighted by molar-refractivity contribution is -0.153. The van der Waals surface area contributed by atoms with Gasteiger partial charge in [-0.15, -0.1) is 0 Å². The van der Waals surface area contributed by atoms with E-state index in [1.54, 1.807) is 46.8 Å². The summed E-state index contributed by atoms with van der Waals surface area (Å²) < 4.78 is 5.65. The molecule has 0 saturated carbocycles. The van der Waals surface area contributed by atoms with E-state index < -0.39 is 59.9 Å². The Morgan fingerprint density at radius 3 is 2.22 bits per heavy atom. The number of thiol groups is 1. The third-order valence-corrected chi connectivity index (χ3v) is 7.57. The van der Waals surface area contributed by atoms with E-state index in [2.05, 4.69) is 33.9 Å². The van der Waals surface area contributed by atoms with Crippen molar-refractivity contribution in [1.82, 2.24) is 21.3 Å². The number of hydrogen-bond donors (Lipinski definition) is 5. The van der Waals surface area contributed by atoms with Crippen molar-refractivity contribution >= 4 is 54.0 Å². The van der Waals surface area contributed by atoms with Gasteiger partial charge in [-0.2, -0.15) is 24.4 Å². The number of hydrogen-bond acceptors (Lipinski definition) is 8. The number of thioether (sulfide) groups is 1. The molecule has 0 aromatic heterocycles. The smallest absolute Gasteiger partial charge is 0.329 e. The first-order valence-corrected chi connectivity index (χ1v) is 13.9. The minimum absolute atomic E-state index is 0.205. The van der Waals surface area contributed by atoms with E-state index in [1.165, 1.54) is 11.8 Å². The molecule has 0 aromatic carbocycles. The van der Waals surface area contributed by atoms with Crippen molar-refractivity contribution in [3.05, 3.63) is 12.2 Å². The highest BCUT2D eigenvalue weighted by Gasteiger charge is 2.39. The van der Waals surface area contributed by atoms with Gasteiger partial charge in [-0.1, -0.05) is 40.7 Å². The molecule has 2 heterocycles. The first kappa shape index (κ1) is 30.0. The Labute approximate surface area is 222 Å². The summed E-state index contributed by atoms with van der Waals surface area (Å²) in [5.74, 6) is -2.42. The Morgan fingerprint density at radius 2 is 1.61 bits per heavy atom. The molecule has 4 amide bonds. The van der Waals surface area contributed by atoms with E-state index in [-0.39, 0.29) is 29.3 Å². The lowest BCUT2D eigenvalue weighted by Crippen LogP contribution is -2.59. The molecule has 2 aliphatic heterocycles. The van der Waals surface area contributed by atoms with Crippen molar-refractivity contribution in [2.75, 3.05) is 11.5 Å². The molecular formula is C24H38N4O6S2. The monoisotopic (exact) mass is 542 g/mol. The van der Waals surface area contributed by atoms with Crippen LogP contribution in [-0.4, -0.2) is 76.6 Å². The lowest BCUT2D eigenvalue weighted by atomic mass is 10.0. The number of fused-ring (bicyclic) bond motifs is 3. The van der Waals surface area contributed by atoms with Crippen LogP contribution in [0.25, 0.3) is 0 Å². The van der Waals surface area contributed by atoms with Gasteiger partial charge in [0.05, 0.1) is 6.42 Å². The molecule has 36 heavy (non-hydrogen) atoms. The minimum atomic E-state index is -0.981. The van der Waals surface area contributed by atoms with Gasteiger partial charge >= 0.3 is 5.97 Å². The predicted molar refractivity (Wildman–Crippen MR) is 141 cm³/mol. The van der Waals surface area contributed by atoms with Crippen LogP contribution < -0.4 is 21.3 Å². The van der Waals surface area contributed by atoms with Gasteiger partial charge in [-0.25, -0.2) is 4.79 Å². The van der Waals surface area contributed by atoms with Gasteiger partial charge in [-0.3, -0.25) is 19.2 Å². The summed E-state index contributed by atoms with van der Waals surface area (Å²) in [5, 5.41) is 10.6. The molecule has 12 heteroatoms. The summed E-state index contributed by atoms with van der Waals surface area (Å²) in [4.78, 5) is 65.1. The molecule has 0 spiro atoms. The molecule has 6 atom stereocenters. The largest absolute Gasteiger partial charge is 0.456 e. The van der Waals surface area contributed by atoms with Crippen LogP contribution in [0.1, 0.15) is 47.5 Å². The molecule has 202 valence electrons. The molecule has 2 fully saturated rings. The maximum Gasteiger partial charge on any atom is 0.329 e. The van der Waals surface area contributed by atoms with Gasteiger partial charge in [0.15, 0.2) is 0 Å². The van der Waals surface area contributed by atoms with Crippen molar-refractivity contribution in [3.63, 3.8) is 0 Å². The number of amides is 4. The molecule has 2 bridgehead atoms. The van der Waals surface area contributed by atoms with E-state index in [0.29, 0.717) is 12.2 Å². The Hall–Kier alpha value is -2.21. The van der Waals surface area contributed by atoms with Crippen LogP contribution in [0, 0.1) is 11.8 Å². The summed E-state index contributed by atoms with van der Waals surface area (Å²) in [7, 11) is 0. The number of carbonyl (C=O) groups is 5. The average Bonchev–Trinajstić information content (AvgIpc) is 2.93. The Bertz CT molecular complexity index is 866. The zero-order chi connectivity index (χ0) is 27.0. The number of nitrogens with one attached hydrogen (secondary N) is 4. The van der Waals surface area contributed by atoms with Gasteiger partial charge in [0.1, 0.15) is 30.3 Å². The highest BCUT2D eigenvalue weighted by atomic mass is 32.2. The van der Waals surface area contributed by atoms with Crippen LogP contribution in [0.3, 0.4) is 0 Å². The highest BCUT2D eigenvalue weighted by Crippen LogP contribution is 2.21. The molecule has 4 N–H and O–H groups in total. The van der Waals surface area contributed by atoms with Gasteiger partial charge < -0.3 is 26.0 Å². The number of allylic oxidation sites excluding steroid dienone is 1. The second-order valence-corrected chi connectivity index (χ2v) is 11.6. The van der Waals surface area contributed by atoms with Crippen LogP contribution in [0.5, 0.6) is 0 Å². The lowest BCUT2D eigenvalue weighted by Gasteiger charge is -2.28. The number of ether oxygens (including phenoxy) is 1. The maximum atomic E-state index is 13.2. The van der Waals surface area contributed by atoms with E-state index in [4.69, 9.17) is 4.74 Å². The molecule has 0 aliphatic carbocycles. The van der Waals surface area contributed by atoms with Crippen LogP contribution in [0.2, 0.25) is 0 Å². The Morgan fingerprint density at radius 1 is 0.944 bits per heavy atom. The first-order valence-electron chi connectivity index (χ1n) is 12.2. The Balaban J connectivity index is 2.44. The highest BCUT2D eigenvalue weighted by molar-refractivity contribution is 8.00. The fourth-order valence-corrected chi connectivity index (χ4v) is 5.09. The van der Waals surface area contributed by atoms with Crippen molar-refractivity contribution in [2.24, 2.45) is 11.8 Å². The number of esters is 1. The number of carbonyl (C=O) groups excluding carboxylic acids is 5. The topological polar surface area (TPSA) is 143 Å². The van der Waals surface area contributed by atoms with Crippen LogP contribution in [0.4, 0.5) is 0 Å². The molecular weight excluding hydrogens is 504 g/mol. The van der Waals surface area contributed by atoms with Crippen LogP contribution in [-0.2, 0) is 28.7 Å². The van der Waals surface area contributed by atoms with Crippen molar-refractivity contribution < 1.29 is 28.7 Å². The fourth-order valence-electron chi connectivity index (χ4n) is 3.82. The summed E-state index contributed by atoms with van der Waals surface area (Å²) in [6, 6.07) is -3.66. The fraction of sp³-hybridized carbons (Fsp3) is 0.708. The van der Waals surface area contributed by atoms with Crippen molar-refractivity contribution in [1.29, 1.82) is 0 Å². The molecule has 2 aliphatic rings. The quantitative estimate of drug-likeness (QED) is 0.194. The standard InChI is InChI=1S/C24H38N4O6S2/c1-12(2)18-22(31)25-16-11-36-14(5)20(28-21(16)30)23(32)27-19(13(3)4)24(33)34-15(8-6-7-9-35)10-17(29)26-18/h6,8,12-16,18-20,35H,7,9-11H2,1-5H3,(H,25,31)(H,26,29)(H,27,32)(H,28,30)/b8-6+/t14?,15-,16+,18+,19-,20?/m0/s1. The van der Waals surface area contributed by atoms with E-state index in [0.717, 1.165) is 0 Å². The normalized spacial score (nSPS) is 31.1. The predicted octanol–water partition coefficient (Wildman–Crippen LogP) is 0.565. The molecule has 2 rings (SSSR count). The summed E-state index contributed by atoms with van der Waals surface area (Å²) in [6.45, 7) is 8.90. The SMILES string of the molecule is CC1SC[C@H]2NC(=O)[C@@H](C(C)C)NC(=O)C[C@H](/C=C/CCS)OC(=O)[C@H](C(C)C)NC(=O)C1NC2=O. The first-order chi connectivity index (χ1) is 16.9. The van der Waals surface area contributed by atoms with Gasteiger partial charge in [0, 0.05) is 11.0 Å². The Kier molecular flexibility index (Phi) is 11.6.